The molecule has 1 radical (unpaired) electrons. The Hall–Kier alpha value is 0.230. The van der Waals surface area contributed by atoms with Gasteiger partial charge in [-0.3, -0.25) is 4.18 Å². The number of hydrogen-bond donors (Lipinski definition) is 1. The summed E-state index contributed by atoms with van der Waals surface area (Å²) < 4.78 is 4.58. The maximum absolute atomic E-state index is 4.58. The molecule has 0 amide bonds. The molecule has 0 aliphatic carbocycles. The topological polar surface area (TPSA) is 35.4 Å². The summed E-state index contributed by atoms with van der Waals surface area (Å²) in [5.74, 6) is 0. The third-order valence-corrected chi connectivity index (χ3v) is 0.705. The van der Waals surface area contributed by atoms with Gasteiger partial charge in [0.1, 0.15) is 6.73 Å². The van der Waals surface area contributed by atoms with Crippen LogP contribution in [0, 0.1) is 0 Å². The summed E-state index contributed by atoms with van der Waals surface area (Å²) in [6, 6.07) is 0. The van der Waals surface area contributed by atoms with Crippen molar-refractivity contribution in [1.29, 1.82) is 0 Å². The largest absolute Gasteiger partial charge is 0.281 e. The third kappa shape index (κ3) is 0.769. The van der Waals surface area contributed by atoms with E-state index in [2.05, 4.69) is 14.4 Å². The van der Waals surface area contributed by atoms with Gasteiger partial charge >= 0.3 is 0 Å². The predicted molar refractivity (Wildman–Crippen MR) is 18.8 cm³/mol. The van der Waals surface area contributed by atoms with Gasteiger partial charge in [-0.25, -0.2) is 0 Å². The second kappa shape index (κ2) is 1.61. The molecule has 0 bridgehead atoms. The van der Waals surface area contributed by atoms with Gasteiger partial charge in [0, 0.05) is 0 Å². The molecule has 1 aliphatic heterocycles. The number of rotatable bonds is 0. The Bertz CT molecular complexity index is 21.2. The van der Waals surface area contributed by atoms with E-state index in [1.807, 2.05) is 0 Å². The monoisotopic (exact) mass is 91.0 g/mol. The Morgan fingerprint density at radius 1 is 2.00 bits per heavy atom. The highest BCUT2D eigenvalue weighted by Gasteiger charge is 1.95. The normalized spacial score (nSPS) is 24.0. The van der Waals surface area contributed by atoms with Gasteiger partial charge in [-0.2, -0.15) is 4.83 Å². The third-order valence-electron chi connectivity index (χ3n) is 0.278. The van der Waals surface area contributed by atoms with Crippen molar-refractivity contribution in [3.63, 3.8) is 0 Å². The zero-order chi connectivity index (χ0) is 3.54. The molecule has 4 heteroatoms. The predicted octanol–water partition coefficient (Wildman–Crippen LogP) is -0.354. The van der Waals surface area contributed by atoms with Gasteiger partial charge in [-0.15, -0.1) is 5.43 Å². The molecule has 0 saturated carbocycles. The van der Waals surface area contributed by atoms with E-state index in [1.54, 1.807) is 0 Å². The van der Waals surface area contributed by atoms with Gasteiger partial charge in [-0.1, -0.05) is 0 Å². The van der Waals surface area contributed by atoms with Crippen molar-refractivity contribution in [3.05, 3.63) is 0 Å². The van der Waals surface area contributed by atoms with Crippen molar-refractivity contribution >= 4 is 12.2 Å². The first-order valence-electron chi connectivity index (χ1n) is 1.20. The molecule has 1 heterocycles. The molecule has 1 saturated heterocycles. The first-order valence-corrected chi connectivity index (χ1v) is 1.94. The quantitative estimate of drug-likeness (QED) is 0.327. The molecule has 1 aliphatic rings. The van der Waals surface area contributed by atoms with Crippen LogP contribution in [0.5, 0.6) is 0 Å². The van der Waals surface area contributed by atoms with E-state index >= 15 is 0 Å². The molecule has 0 spiro atoms. The van der Waals surface area contributed by atoms with Gasteiger partial charge in [0.15, 0.2) is 0 Å². The molecule has 0 unspecified atom stereocenters. The molecule has 29 valence electrons. The van der Waals surface area contributed by atoms with Crippen LogP contribution in [-0.2, 0) is 4.18 Å². The fourth-order valence-corrected chi connectivity index (χ4v) is 0.395. The molecule has 0 aromatic rings. The summed E-state index contributed by atoms with van der Waals surface area (Å²) in [7, 11) is 0. The number of nitrogens with one attached hydrogen (secondary N) is 1. The maximum Gasteiger partial charge on any atom is 0.145 e. The Kier molecular flexibility index (Phi) is 1.10. The van der Waals surface area contributed by atoms with Crippen LogP contribution in [0.3, 0.4) is 0 Å². The molecule has 0 aromatic carbocycles. The fraction of sp³-hybridized carbons (Fsp3) is 1.00. The summed E-state index contributed by atoms with van der Waals surface area (Å²) in [6.45, 7) is 0.477. The second-order valence-corrected chi connectivity index (χ2v) is 1.16. The van der Waals surface area contributed by atoms with Crippen molar-refractivity contribution < 1.29 is 4.18 Å². The van der Waals surface area contributed by atoms with Crippen LogP contribution in [-0.4, -0.2) is 6.73 Å². The minimum Gasteiger partial charge on any atom is -0.281 e. The van der Waals surface area contributed by atoms with Crippen LogP contribution in [0.2, 0.25) is 0 Å². The van der Waals surface area contributed by atoms with Crippen LogP contribution >= 0.6 is 12.2 Å². The van der Waals surface area contributed by atoms with Crippen molar-refractivity contribution in [1.82, 2.24) is 10.3 Å². The Morgan fingerprint density at radius 3 is 3.20 bits per heavy atom. The van der Waals surface area contributed by atoms with E-state index in [-0.39, 0.29) is 0 Å². The number of nitrogens with zero attached hydrogens (tertiary/aromatic N) is 1. The lowest BCUT2D eigenvalue weighted by Crippen LogP contribution is -2.06. The molecule has 1 N–H and O–H groups in total. The van der Waals surface area contributed by atoms with Crippen LogP contribution in [0.4, 0.5) is 0 Å². The van der Waals surface area contributed by atoms with Gasteiger partial charge in [-0.05, 0) is 0 Å². The van der Waals surface area contributed by atoms with Crippen LogP contribution in [0.15, 0.2) is 0 Å². The molecule has 3 nitrogen and oxygen atoms in total. The average molecular weight is 91.1 g/mol. The first kappa shape index (κ1) is 3.42. The molecule has 1 rings (SSSR count). The summed E-state index contributed by atoms with van der Waals surface area (Å²) in [6.07, 6.45) is 0. The lowest BCUT2D eigenvalue weighted by molar-refractivity contribution is 0.366. The highest BCUT2D eigenvalue weighted by Crippen LogP contribution is 1.96. The van der Waals surface area contributed by atoms with Gasteiger partial charge in [0.05, 0.1) is 12.2 Å². The van der Waals surface area contributed by atoms with Gasteiger partial charge in [0.25, 0.3) is 0 Å². The molecule has 1 fully saturated rings. The lowest BCUT2D eigenvalue weighted by Gasteiger charge is -1.70. The zero-order valence-electron chi connectivity index (χ0n) is 2.47. The van der Waals surface area contributed by atoms with E-state index in [0.717, 1.165) is 12.2 Å². The smallest absolute Gasteiger partial charge is 0.145 e. The lowest BCUT2D eigenvalue weighted by atomic mass is 11.4. The van der Waals surface area contributed by atoms with Crippen LogP contribution in [0.1, 0.15) is 0 Å². The molecular formula is CH3N2OS. The van der Waals surface area contributed by atoms with Crippen molar-refractivity contribution in [2.75, 3.05) is 6.73 Å². The van der Waals surface area contributed by atoms with Crippen molar-refractivity contribution in [2.45, 2.75) is 0 Å². The van der Waals surface area contributed by atoms with Crippen LogP contribution < -0.4 is 10.3 Å². The number of hydrogen-bond acceptors (Lipinski definition) is 3. The van der Waals surface area contributed by atoms with Crippen LogP contribution in [0.25, 0.3) is 0 Å². The minimum atomic E-state index is 0.477. The molecule has 5 heavy (non-hydrogen) atoms. The summed E-state index contributed by atoms with van der Waals surface area (Å²) in [5, 5.41) is 0. The van der Waals surface area contributed by atoms with E-state index in [4.69, 9.17) is 0 Å². The summed E-state index contributed by atoms with van der Waals surface area (Å²) >= 11 is 1.16. The van der Waals surface area contributed by atoms with Gasteiger partial charge < -0.3 is 0 Å². The maximum atomic E-state index is 4.58. The standard InChI is InChI=1S/CH3N2OS/c1-2-3-5-4-1/h3H,1H2. The van der Waals surface area contributed by atoms with E-state index in [9.17, 15) is 0 Å². The van der Waals surface area contributed by atoms with Gasteiger partial charge in [0.2, 0.25) is 0 Å². The Labute approximate surface area is 34.4 Å². The van der Waals surface area contributed by atoms with Crippen molar-refractivity contribution in [3.8, 4) is 0 Å². The van der Waals surface area contributed by atoms with E-state index in [1.165, 1.54) is 0 Å². The zero-order valence-corrected chi connectivity index (χ0v) is 3.29. The Balaban J connectivity index is 2.08. The second-order valence-electron chi connectivity index (χ2n) is 0.580. The molecular weight excluding hydrogens is 88.1 g/mol. The van der Waals surface area contributed by atoms with Crippen molar-refractivity contribution in [2.24, 2.45) is 0 Å². The minimum absolute atomic E-state index is 0.477. The highest BCUT2D eigenvalue weighted by atomic mass is 32.2. The highest BCUT2D eigenvalue weighted by molar-refractivity contribution is 7.92. The Morgan fingerprint density at radius 2 is 3.00 bits per heavy atom. The summed E-state index contributed by atoms with van der Waals surface area (Å²) in [4.78, 5) is 2.54. The fourth-order valence-electron chi connectivity index (χ4n) is 0.132. The first-order chi connectivity index (χ1) is 2.50. The molecule has 0 aromatic heterocycles. The molecule has 0 atom stereocenters. The van der Waals surface area contributed by atoms with E-state index in [0.29, 0.717) is 6.73 Å². The van der Waals surface area contributed by atoms with E-state index < -0.39 is 0 Å². The SMILES string of the molecule is C1[N]NSO1. The average Bonchev–Trinajstić information content (AvgIpc) is 1.76. The summed E-state index contributed by atoms with van der Waals surface area (Å²) in [5.41, 5.74) is 3.57.